The van der Waals surface area contributed by atoms with Gasteiger partial charge >= 0.3 is 0 Å². The minimum atomic E-state index is -0.665. The number of carbonyl (C=O) groups excluding carboxylic acids is 3. The van der Waals surface area contributed by atoms with Crippen LogP contribution in [0.4, 0.5) is 5.69 Å². The Kier molecular flexibility index (Phi) is 7.47. The topological polar surface area (TPSA) is 69.7 Å². The van der Waals surface area contributed by atoms with Crippen LogP contribution in [-0.4, -0.2) is 41.2 Å². The first-order valence-electron chi connectivity index (χ1n) is 13.1. The summed E-state index contributed by atoms with van der Waals surface area (Å²) in [7, 11) is 0. The summed E-state index contributed by atoms with van der Waals surface area (Å²) in [4.78, 5) is 43.9. The first-order valence-corrected chi connectivity index (χ1v) is 13.5. The van der Waals surface area contributed by atoms with Crippen molar-refractivity contribution in [3.8, 4) is 0 Å². The minimum absolute atomic E-state index is 0.139. The molecule has 5 rings (SSSR count). The van der Waals surface area contributed by atoms with E-state index in [0.29, 0.717) is 17.0 Å². The minimum Gasteiger partial charge on any atom is -0.352 e. The molecule has 0 radical (unpaired) electrons. The molecule has 1 heterocycles. The summed E-state index contributed by atoms with van der Waals surface area (Å²) in [5, 5.41) is 5.56. The number of rotatable bonds is 8. The maximum atomic E-state index is 13.9. The second kappa shape index (κ2) is 10.9. The summed E-state index contributed by atoms with van der Waals surface area (Å²) in [6, 6.07) is 18.2. The maximum Gasteiger partial charge on any atom is 0.259 e. The van der Waals surface area contributed by atoms with E-state index < -0.39 is 6.04 Å². The molecule has 1 fully saturated rings. The van der Waals surface area contributed by atoms with Crippen LogP contribution < -0.4 is 10.2 Å². The summed E-state index contributed by atoms with van der Waals surface area (Å²) in [5.41, 5.74) is 2.09. The first kappa shape index (κ1) is 25.3. The quantitative estimate of drug-likeness (QED) is 0.416. The normalized spacial score (nSPS) is 16.2. The molecule has 2 aliphatic rings. The van der Waals surface area contributed by atoms with Crippen LogP contribution in [0.1, 0.15) is 61.4 Å². The summed E-state index contributed by atoms with van der Waals surface area (Å²) >= 11 is 6.46. The fourth-order valence-electron chi connectivity index (χ4n) is 5.64. The van der Waals surface area contributed by atoms with Gasteiger partial charge in [0.1, 0.15) is 12.6 Å². The lowest BCUT2D eigenvalue weighted by Crippen LogP contribution is -2.53. The van der Waals surface area contributed by atoms with Crippen molar-refractivity contribution < 1.29 is 14.4 Å². The Bertz CT molecular complexity index is 1330. The molecule has 1 N–H and O–H groups in total. The van der Waals surface area contributed by atoms with E-state index in [1.54, 1.807) is 17.0 Å². The lowest BCUT2D eigenvalue weighted by Gasteiger charge is -2.34. The second-order valence-corrected chi connectivity index (χ2v) is 10.4. The average molecular weight is 518 g/mol. The second-order valence-electron chi connectivity index (χ2n) is 9.95. The molecule has 3 aromatic rings. The average Bonchev–Trinajstić information content (AvgIpc) is 3.18. The number of anilines is 1. The van der Waals surface area contributed by atoms with Crippen molar-refractivity contribution in [1.82, 2.24) is 10.2 Å². The maximum absolute atomic E-state index is 13.9. The highest BCUT2D eigenvalue weighted by Gasteiger charge is 2.35. The molecule has 1 atom stereocenters. The molecule has 0 aromatic heterocycles. The monoisotopic (exact) mass is 517 g/mol. The molecule has 6 nitrogen and oxygen atoms in total. The van der Waals surface area contributed by atoms with Gasteiger partial charge in [0.05, 0.1) is 5.69 Å². The van der Waals surface area contributed by atoms with E-state index in [0.717, 1.165) is 47.7 Å². The van der Waals surface area contributed by atoms with E-state index in [2.05, 4.69) is 5.32 Å². The van der Waals surface area contributed by atoms with Crippen molar-refractivity contribution in [1.29, 1.82) is 0 Å². The molecule has 1 aliphatic heterocycles. The van der Waals surface area contributed by atoms with Gasteiger partial charge in [-0.25, -0.2) is 0 Å². The molecule has 0 bridgehead atoms. The van der Waals surface area contributed by atoms with Crippen molar-refractivity contribution in [2.75, 3.05) is 11.4 Å². The lowest BCUT2D eigenvalue weighted by atomic mass is 9.95. The van der Waals surface area contributed by atoms with Crippen LogP contribution in [0, 0.1) is 0 Å². The van der Waals surface area contributed by atoms with Gasteiger partial charge in [0, 0.05) is 28.6 Å². The van der Waals surface area contributed by atoms with Crippen LogP contribution in [0.15, 0.2) is 60.7 Å². The van der Waals surface area contributed by atoms with Crippen LogP contribution >= 0.6 is 11.6 Å². The highest BCUT2D eigenvalue weighted by molar-refractivity contribution is 6.31. The number of halogens is 1. The number of nitrogens with zero attached hydrogens (tertiary/aromatic N) is 2. The van der Waals surface area contributed by atoms with E-state index in [-0.39, 0.29) is 36.9 Å². The van der Waals surface area contributed by atoms with Gasteiger partial charge in [0.2, 0.25) is 11.8 Å². The van der Waals surface area contributed by atoms with Crippen molar-refractivity contribution >= 4 is 45.8 Å². The largest absolute Gasteiger partial charge is 0.352 e. The number of nitrogens with one attached hydrogen (secondary N) is 1. The summed E-state index contributed by atoms with van der Waals surface area (Å²) in [5.74, 6) is -0.630. The van der Waals surface area contributed by atoms with Crippen molar-refractivity contribution in [3.05, 3.63) is 76.8 Å². The predicted octanol–water partition coefficient (Wildman–Crippen LogP) is 5.71. The van der Waals surface area contributed by atoms with E-state index in [1.165, 1.54) is 11.3 Å². The Morgan fingerprint density at radius 1 is 1.03 bits per heavy atom. The van der Waals surface area contributed by atoms with E-state index >= 15 is 0 Å². The number of benzene rings is 3. The van der Waals surface area contributed by atoms with Gasteiger partial charge in [0.25, 0.3) is 5.91 Å². The number of hydrogen-bond donors (Lipinski definition) is 1. The first-order chi connectivity index (χ1) is 18.0. The molecule has 0 spiro atoms. The lowest BCUT2D eigenvalue weighted by molar-refractivity contribution is -0.140. The van der Waals surface area contributed by atoms with E-state index in [1.807, 2.05) is 55.5 Å². The zero-order valence-corrected chi connectivity index (χ0v) is 21.8. The molecule has 3 aromatic carbocycles. The third-order valence-corrected chi connectivity index (χ3v) is 7.95. The van der Waals surface area contributed by atoms with Crippen LogP contribution in [-0.2, 0) is 16.1 Å². The molecule has 7 heteroatoms. The number of hydrogen-bond acceptors (Lipinski definition) is 3. The van der Waals surface area contributed by atoms with Crippen LogP contribution in [0.25, 0.3) is 10.8 Å². The molecule has 1 aliphatic carbocycles. The van der Waals surface area contributed by atoms with Crippen LogP contribution in [0.3, 0.4) is 0 Å². The SMILES string of the molecule is CC[C@H](C(=O)NC1CCCCC1)N(Cc1ccccc1Cl)C(=O)CN1C(=O)c2cccc3cccc1c23. The Morgan fingerprint density at radius 3 is 2.49 bits per heavy atom. The van der Waals surface area contributed by atoms with Gasteiger partial charge in [-0.2, -0.15) is 0 Å². The standard InChI is InChI=1S/C30H32ClN3O3/c1-2-25(29(36)32-22-13-4-3-5-14-22)33(18-21-10-6-7-16-24(21)31)27(35)19-34-26-17-9-12-20-11-8-15-23(28(20)26)30(34)37/h6-12,15-17,22,25H,2-5,13-14,18-19H2,1H3,(H,32,36)/t25-/m1/s1. The van der Waals surface area contributed by atoms with Gasteiger partial charge in [-0.3, -0.25) is 19.3 Å². The fraction of sp³-hybridized carbons (Fsp3) is 0.367. The molecule has 3 amide bonds. The Hall–Kier alpha value is -3.38. The summed E-state index contributed by atoms with van der Waals surface area (Å²) < 4.78 is 0. The van der Waals surface area contributed by atoms with Gasteiger partial charge in [-0.05, 0) is 48.4 Å². The van der Waals surface area contributed by atoms with Gasteiger partial charge in [-0.15, -0.1) is 0 Å². The van der Waals surface area contributed by atoms with Crippen molar-refractivity contribution in [2.24, 2.45) is 0 Å². The zero-order valence-electron chi connectivity index (χ0n) is 21.1. The fourth-order valence-corrected chi connectivity index (χ4v) is 5.83. The van der Waals surface area contributed by atoms with E-state index in [4.69, 9.17) is 11.6 Å². The van der Waals surface area contributed by atoms with Crippen LogP contribution in [0.5, 0.6) is 0 Å². The van der Waals surface area contributed by atoms with E-state index in [9.17, 15) is 14.4 Å². The van der Waals surface area contributed by atoms with Crippen LogP contribution in [0.2, 0.25) is 5.02 Å². The molecule has 37 heavy (non-hydrogen) atoms. The highest BCUT2D eigenvalue weighted by Crippen LogP contribution is 2.37. The molecular formula is C30H32ClN3O3. The smallest absolute Gasteiger partial charge is 0.259 e. The van der Waals surface area contributed by atoms with Gasteiger partial charge < -0.3 is 10.2 Å². The van der Waals surface area contributed by atoms with Gasteiger partial charge in [-0.1, -0.05) is 80.3 Å². The number of carbonyl (C=O) groups is 3. The molecular weight excluding hydrogens is 486 g/mol. The van der Waals surface area contributed by atoms with Gasteiger partial charge in [0.15, 0.2) is 0 Å². The third kappa shape index (κ3) is 5.08. The summed E-state index contributed by atoms with van der Waals surface area (Å²) in [6.07, 6.45) is 5.79. The third-order valence-electron chi connectivity index (χ3n) is 7.58. The molecule has 0 unspecified atom stereocenters. The van der Waals surface area contributed by atoms with Crippen molar-refractivity contribution in [2.45, 2.75) is 64.1 Å². The summed E-state index contributed by atoms with van der Waals surface area (Å²) in [6.45, 7) is 1.95. The molecule has 0 saturated heterocycles. The predicted molar refractivity (Wildman–Crippen MR) is 147 cm³/mol. The zero-order chi connectivity index (χ0) is 25.9. The molecule has 1 saturated carbocycles. The number of amides is 3. The molecule has 192 valence electrons. The highest BCUT2D eigenvalue weighted by atomic mass is 35.5. The van der Waals surface area contributed by atoms with Crippen molar-refractivity contribution in [3.63, 3.8) is 0 Å². The Balaban J connectivity index is 1.43. The Morgan fingerprint density at radius 2 is 1.76 bits per heavy atom. The Labute approximate surface area is 222 Å².